The Morgan fingerprint density at radius 1 is 1.37 bits per heavy atom. The number of piperidine rings is 1. The Balaban J connectivity index is 1.76. The molecule has 0 saturated carbocycles. The van der Waals surface area contributed by atoms with E-state index in [2.05, 4.69) is 0 Å². The first-order valence-corrected chi connectivity index (χ1v) is 6.80. The van der Waals surface area contributed by atoms with Crippen molar-refractivity contribution in [3.05, 3.63) is 35.9 Å². The lowest BCUT2D eigenvalue weighted by atomic mass is 9.92. The first kappa shape index (κ1) is 13.9. The highest BCUT2D eigenvalue weighted by molar-refractivity contribution is 5.67. The standard InChI is InChI=1S/C15H21NO3/c1-12(17)14-7-9-16(10-8-14)15(18)19-11-13-5-3-2-4-6-13/h2-6,12,14,17H,7-11H2,1H3/t12-/m0/s1. The van der Waals surface area contributed by atoms with Crippen molar-refractivity contribution < 1.29 is 14.6 Å². The molecule has 0 spiro atoms. The summed E-state index contributed by atoms with van der Waals surface area (Å²) < 4.78 is 5.29. The maximum absolute atomic E-state index is 11.9. The van der Waals surface area contributed by atoms with Crippen LogP contribution >= 0.6 is 0 Å². The second-order valence-corrected chi connectivity index (χ2v) is 5.11. The van der Waals surface area contributed by atoms with Gasteiger partial charge in [-0.25, -0.2) is 4.79 Å². The summed E-state index contributed by atoms with van der Waals surface area (Å²) in [6.45, 7) is 3.47. The SMILES string of the molecule is C[C@H](O)C1CCN(C(=O)OCc2ccccc2)CC1. The van der Waals surface area contributed by atoms with Gasteiger partial charge in [-0.05, 0) is 31.2 Å². The van der Waals surface area contributed by atoms with Gasteiger partial charge in [0.15, 0.2) is 0 Å². The molecule has 4 nitrogen and oxygen atoms in total. The van der Waals surface area contributed by atoms with Gasteiger partial charge in [-0.15, -0.1) is 0 Å². The molecular weight excluding hydrogens is 242 g/mol. The fourth-order valence-corrected chi connectivity index (χ4v) is 2.38. The van der Waals surface area contributed by atoms with E-state index in [4.69, 9.17) is 4.74 Å². The molecule has 0 bridgehead atoms. The number of nitrogens with zero attached hydrogens (tertiary/aromatic N) is 1. The third kappa shape index (κ3) is 3.96. The lowest BCUT2D eigenvalue weighted by Gasteiger charge is -2.32. The third-order valence-corrected chi connectivity index (χ3v) is 3.69. The number of ether oxygens (including phenoxy) is 1. The van der Waals surface area contributed by atoms with Crippen molar-refractivity contribution in [1.29, 1.82) is 0 Å². The number of benzene rings is 1. The smallest absolute Gasteiger partial charge is 0.410 e. The Labute approximate surface area is 114 Å². The summed E-state index contributed by atoms with van der Waals surface area (Å²) in [5.41, 5.74) is 0.995. The zero-order chi connectivity index (χ0) is 13.7. The number of aliphatic hydroxyl groups is 1. The lowest BCUT2D eigenvalue weighted by molar-refractivity contribution is 0.0526. The Morgan fingerprint density at radius 2 is 2.00 bits per heavy atom. The van der Waals surface area contributed by atoms with Gasteiger partial charge < -0.3 is 14.7 Å². The van der Waals surface area contributed by atoms with Crippen LogP contribution in [0.1, 0.15) is 25.3 Å². The summed E-state index contributed by atoms with van der Waals surface area (Å²) in [4.78, 5) is 13.6. The number of aliphatic hydroxyl groups excluding tert-OH is 1. The van der Waals surface area contributed by atoms with Gasteiger partial charge >= 0.3 is 6.09 Å². The van der Waals surface area contributed by atoms with Crippen LogP contribution in [-0.2, 0) is 11.3 Å². The average molecular weight is 263 g/mol. The maximum Gasteiger partial charge on any atom is 0.410 e. The first-order chi connectivity index (χ1) is 9.16. The predicted octanol–water partition coefficient (Wildman–Crippen LogP) is 2.42. The molecule has 104 valence electrons. The monoisotopic (exact) mass is 263 g/mol. The van der Waals surface area contributed by atoms with E-state index in [1.54, 1.807) is 4.90 Å². The van der Waals surface area contributed by atoms with Crippen LogP contribution in [0.5, 0.6) is 0 Å². The molecule has 1 aliphatic heterocycles. The van der Waals surface area contributed by atoms with Crippen molar-refractivity contribution in [2.45, 2.75) is 32.5 Å². The predicted molar refractivity (Wildman–Crippen MR) is 72.6 cm³/mol. The zero-order valence-corrected chi connectivity index (χ0v) is 11.3. The van der Waals surface area contributed by atoms with Crippen LogP contribution in [-0.4, -0.2) is 35.3 Å². The molecule has 1 aromatic rings. The number of carbonyl (C=O) groups is 1. The van der Waals surface area contributed by atoms with Gasteiger partial charge in [0, 0.05) is 13.1 Å². The molecule has 1 fully saturated rings. The van der Waals surface area contributed by atoms with Gasteiger partial charge in [-0.2, -0.15) is 0 Å². The van der Waals surface area contributed by atoms with Gasteiger partial charge in [0.25, 0.3) is 0 Å². The molecule has 0 unspecified atom stereocenters. The van der Waals surface area contributed by atoms with E-state index >= 15 is 0 Å². The summed E-state index contributed by atoms with van der Waals surface area (Å²) in [5.74, 6) is 0.304. The fourth-order valence-electron chi connectivity index (χ4n) is 2.38. The Morgan fingerprint density at radius 3 is 2.58 bits per heavy atom. The summed E-state index contributed by atoms with van der Waals surface area (Å²) in [6.07, 6.45) is 1.14. The van der Waals surface area contributed by atoms with Gasteiger partial charge in [0.05, 0.1) is 6.10 Å². The summed E-state index contributed by atoms with van der Waals surface area (Å²) >= 11 is 0. The molecule has 1 saturated heterocycles. The first-order valence-electron chi connectivity index (χ1n) is 6.80. The molecule has 1 N–H and O–H groups in total. The highest BCUT2D eigenvalue weighted by Gasteiger charge is 2.26. The molecule has 1 aromatic carbocycles. The summed E-state index contributed by atoms with van der Waals surface area (Å²) in [7, 11) is 0. The molecule has 2 rings (SSSR count). The molecule has 0 aromatic heterocycles. The van der Waals surface area contributed by atoms with Crippen LogP contribution < -0.4 is 0 Å². The van der Waals surface area contributed by atoms with Crippen molar-refractivity contribution in [3.8, 4) is 0 Å². The molecule has 4 heteroatoms. The van der Waals surface area contributed by atoms with Crippen molar-refractivity contribution in [2.75, 3.05) is 13.1 Å². The quantitative estimate of drug-likeness (QED) is 0.911. The molecule has 1 amide bonds. The van der Waals surface area contributed by atoms with E-state index in [0.717, 1.165) is 18.4 Å². The van der Waals surface area contributed by atoms with Crippen molar-refractivity contribution in [2.24, 2.45) is 5.92 Å². The fraction of sp³-hybridized carbons (Fsp3) is 0.533. The van der Waals surface area contributed by atoms with Crippen LogP contribution in [0.15, 0.2) is 30.3 Å². The number of likely N-dealkylation sites (tertiary alicyclic amines) is 1. The highest BCUT2D eigenvalue weighted by atomic mass is 16.6. The van der Waals surface area contributed by atoms with E-state index in [-0.39, 0.29) is 12.2 Å². The summed E-state index contributed by atoms with van der Waals surface area (Å²) in [6, 6.07) is 9.67. The minimum absolute atomic E-state index is 0.257. The van der Waals surface area contributed by atoms with E-state index in [0.29, 0.717) is 25.6 Å². The third-order valence-electron chi connectivity index (χ3n) is 3.69. The average Bonchev–Trinajstić information content (AvgIpc) is 2.46. The molecule has 19 heavy (non-hydrogen) atoms. The van der Waals surface area contributed by atoms with Crippen LogP contribution in [0.4, 0.5) is 4.79 Å². The second kappa shape index (κ2) is 6.57. The van der Waals surface area contributed by atoms with Crippen molar-refractivity contribution in [1.82, 2.24) is 4.90 Å². The molecule has 1 heterocycles. The highest BCUT2D eigenvalue weighted by Crippen LogP contribution is 2.21. The van der Waals surface area contributed by atoms with E-state index in [1.807, 2.05) is 37.3 Å². The Hall–Kier alpha value is -1.55. The van der Waals surface area contributed by atoms with Gasteiger partial charge in [0.2, 0.25) is 0 Å². The number of hydrogen-bond donors (Lipinski definition) is 1. The van der Waals surface area contributed by atoms with E-state index in [1.165, 1.54) is 0 Å². The lowest BCUT2D eigenvalue weighted by Crippen LogP contribution is -2.40. The Bertz CT molecular complexity index is 397. The van der Waals surface area contributed by atoms with E-state index in [9.17, 15) is 9.90 Å². The van der Waals surface area contributed by atoms with Crippen LogP contribution in [0.25, 0.3) is 0 Å². The molecule has 1 atom stereocenters. The van der Waals surface area contributed by atoms with Crippen LogP contribution in [0.3, 0.4) is 0 Å². The maximum atomic E-state index is 11.9. The van der Waals surface area contributed by atoms with Crippen LogP contribution in [0, 0.1) is 5.92 Å². The second-order valence-electron chi connectivity index (χ2n) is 5.11. The van der Waals surface area contributed by atoms with Gasteiger partial charge in [-0.3, -0.25) is 0 Å². The van der Waals surface area contributed by atoms with E-state index < -0.39 is 0 Å². The topological polar surface area (TPSA) is 49.8 Å². The largest absolute Gasteiger partial charge is 0.445 e. The van der Waals surface area contributed by atoms with Gasteiger partial charge in [-0.1, -0.05) is 30.3 Å². The normalized spacial score (nSPS) is 18.1. The molecule has 1 aliphatic rings. The van der Waals surface area contributed by atoms with Gasteiger partial charge in [0.1, 0.15) is 6.61 Å². The summed E-state index contributed by atoms with van der Waals surface area (Å²) in [5, 5.41) is 9.52. The molecular formula is C15H21NO3. The number of amides is 1. The molecule has 0 aliphatic carbocycles. The number of rotatable bonds is 3. The molecule has 0 radical (unpaired) electrons. The zero-order valence-electron chi connectivity index (χ0n) is 11.3. The van der Waals surface area contributed by atoms with Crippen molar-refractivity contribution in [3.63, 3.8) is 0 Å². The number of hydrogen-bond acceptors (Lipinski definition) is 3. The van der Waals surface area contributed by atoms with Crippen molar-refractivity contribution >= 4 is 6.09 Å². The Kier molecular flexibility index (Phi) is 4.80. The minimum atomic E-state index is -0.289. The minimum Gasteiger partial charge on any atom is -0.445 e. The number of carbonyl (C=O) groups excluding carboxylic acids is 1. The van der Waals surface area contributed by atoms with Crippen LogP contribution in [0.2, 0.25) is 0 Å².